The number of unbranched alkanes of at least 4 members (excludes halogenated alkanes) is 8. The first-order valence-corrected chi connectivity index (χ1v) is 10.8. The highest BCUT2D eigenvalue weighted by molar-refractivity contribution is 5.66. The Labute approximate surface area is 174 Å². The average molecular weight is 399 g/mol. The molecule has 0 unspecified atom stereocenters. The van der Waals surface area contributed by atoms with E-state index >= 15 is 0 Å². The van der Waals surface area contributed by atoms with Crippen LogP contribution in [0.15, 0.2) is 48.5 Å². The van der Waals surface area contributed by atoms with Gasteiger partial charge in [0.15, 0.2) is 0 Å². The van der Waals surface area contributed by atoms with E-state index in [2.05, 4.69) is 24.3 Å². The Kier molecular flexibility index (Phi) is 10.7. The topological polar surface area (TPSA) is 55.8 Å². The molecule has 0 aliphatic rings. The Morgan fingerprint density at radius 1 is 0.690 bits per heavy atom. The minimum Gasteiger partial charge on any atom is -0.497 e. The fraction of sp³-hybridized carbons (Fsp3) is 0.480. The van der Waals surface area contributed by atoms with Gasteiger partial charge in [-0.25, -0.2) is 0 Å². The number of carboxylic acids is 1. The van der Waals surface area contributed by atoms with Gasteiger partial charge in [0.05, 0.1) is 13.7 Å². The molecule has 0 amide bonds. The summed E-state index contributed by atoms with van der Waals surface area (Å²) in [5.74, 6) is 1.11. The van der Waals surface area contributed by atoms with E-state index in [0.29, 0.717) is 6.42 Å². The largest absolute Gasteiger partial charge is 0.497 e. The second-order valence-corrected chi connectivity index (χ2v) is 7.43. The summed E-state index contributed by atoms with van der Waals surface area (Å²) in [6.07, 6.45) is 10.6. The zero-order valence-corrected chi connectivity index (χ0v) is 17.6. The van der Waals surface area contributed by atoms with Gasteiger partial charge < -0.3 is 14.6 Å². The molecular weight excluding hydrogens is 364 g/mol. The summed E-state index contributed by atoms with van der Waals surface area (Å²) in [5, 5.41) is 8.59. The first-order valence-electron chi connectivity index (χ1n) is 10.8. The molecule has 158 valence electrons. The van der Waals surface area contributed by atoms with Crippen molar-refractivity contribution in [3.8, 4) is 22.6 Å². The molecular formula is C25H34O4. The number of ether oxygens (including phenoxy) is 2. The molecule has 0 aliphatic heterocycles. The zero-order chi connectivity index (χ0) is 20.7. The van der Waals surface area contributed by atoms with Crippen LogP contribution in [-0.4, -0.2) is 24.8 Å². The first-order chi connectivity index (χ1) is 14.2. The summed E-state index contributed by atoms with van der Waals surface area (Å²) in [7, 11) is 1.68. The predicted octanol–water partition coefficient (Wildman–Crippen LogP) is 6.73. The van der Waals surface area contributed by atoms with Crippen LogP contribution in [0.1, 0.15) is 64.2 Å². The van der Waals surface area contributed by atoms with E-state index in [-0.39, 0.29) is 0 Å². The van der Waals surface area contributed by atoms with E-state index in [9.17, 15) is 4.79 Å². The van der Waals surface area contributed by atoms with Crippen LogP contribution >= 0.6 is 0 Å². The lowest BCUT2D eigenvalue weighted by Crippen LogP contribution is -1.97. The number of carbonyl (C=O) groups is 1. The van der Waals surface area contributed by atoms with Gasteiger partial charge in [-0.2, -0.15) is 0 Å². The van der Waals surface area contributed by atoms with Gasteiger partial charge in [-0.3, -0.25) is 4.79 Å². The molecule has 2 aromatic carbocycles. The van der Waals surface area contributed by atoms with Gasteiger partial charge in [-0.1, -0.05) is 69.2 Å². The number of hydrogen-bond acceptors (Lipinski definition) is 3. The highest BCUT2D eigenvalue weighted by atomic mass is 16.5. The van der Waals surface area contributed by atoms with Crippen molar-refractivity contribution in [2.45, 2.75) is 64.2 Å². The molecule has 0 spiro atoms. The smallest absolute Gasteiger partial charge is 0.303 e. The van der Waals surface area contributed by atoms with Crippen molar-refractivity contribution >= 4 is 5.97 Å². The molecule has 0 aromatic heterocycles. The monoisotopic (exact) mass is 398 g/mol. The summed E-state index contributed by atoms with van der Waals surface area (Å²) in [6.45, 7) is 0.761. The zero-order valence-electron chi connectivity index (χ0n) is 17.6. The molecule has 4 heteroatoms. The number of carboxylic acid groups (broad SMARTS) is 1. The van der Waals surface area contributed by atoms with Gasteiger partial charge >= 0.3 is 5.97 Å². The minimum atomic E-state index is -0.680. The van der Waals surface area contributed by atoms with E-state index in [1.807, 2.05) is 24.3 Å². The second-order valence-electron chi connectivity index (χ2n) is 7.43. The molecule has 0 heterocycles. The SMILES string of the molecule is COc1ccc(-c2ccc(OCCCCCCCCCCCC(=O)O)cc2)cc1. The van der Waals surface area contributed by atoms with Crippen LogP contribution in [0.3, 0.4) is 0 Å². The third kappa shape index (κ3) is 9.51. The van der Waals surface area contributed by atoms with E-state index in [1.54, 1.807) is 7.11 Å². The minimum absolute atomic E-state index is 0.310. The van der Waals surface area contributed by atoms with E-state index < -0.39 is 5.97 Å². The number of methoxy groups -OCH3 is 1. The molecule has 0 bridgehead atoms. The van der Waals surface area contributed by atoms with E-state index in [0.717, 1.165) is 43.8 Å². The van der Waals surface area contributed by atoms with Gasteiger partial charge in [-0.15, -0.1) is 0 Å². The van der Waals surface area contributed by atoms with Gasteiger partial charge in [-0.05, 0) is 48.2 Å². The lowest BCUT2D eigenvalue weighted by atomic mass is 10.1. The van der Waals surface area contributed by atoms with Crippen molar-refractivity contribution in [1.82, 2.24) is 0 Å². The van der Waals surface area contributed by atoms with E-state index in [4.69, 9.17) is 14.6 Å². The van der Waals surface area contributed by atoms with Crippen LogP contribution in [0.2, 0.25) is 0 Å². The quantitative estimate of drug-likeness (QED) is 0.338. The molecule has 1 N–H and O–H groups in total. The molecule has 0 saturated carbocycles. The average Bonchev–Trinajstić information content (AvgIpc) is 2.75. The van der Waals surface area contributed by atoms with Crippen molar-refractivity contribution in [1.29, 1.82) is 0 Å². The third-order valence-corrected chi connectivity index (χ3v) is 5.08. The van der Waals surface area contributed by atoms with Gasteiger partial charge in [0.1, 0.15) is 11.5 Å². The molecule has 0 fully saturated rings. The lowest BCUT2D eigenvalue weighted by Gasteiger charge is -2.08. The highest BCUT2D eigenvalue weighted by Crippen LogP contribution is 2.24. The molecule has 4 nitrogen and oxygen atoms in total. The maximum Gasteiger partial charge on any atom is 0.303 e. The number of benzene rings is 2. The Balaban J connectivity index is 1.50. The van der Waals surface area contributed by atoms with Crippen LogP contribution in [0.25, 0.3) is 11.1 Å². The maximum atomic E-state index is 10.4. The normalized spacial score (nSPS) is 10.7. The van der Waals surface area contributed by atoms with Crippen molar-refractivity contribution in [2.24, 2.45) is 0 Å². The highest BCUT2D eigenvalue weighted by Gasteiger charge is 2.00. The first kappa shape index (κ1) is 22.8. The maximum absolute atomic E-state index is 10.4. The molecule has 2 aromatic rings. The van der Waals surface area contributed by atoms with Crippen LogP contribution < -0.4 is 9.47 Å². The van der Waals surface area contributed by atoms with Crippen molar-refractivity contribution in [2.75, 3.05) is 13.7 Å². The fourth-order valence-corrected chi connectivity index (χ4v) is 3.33. The summed E-state index contributed by atoms with van der Waals surface area (Å²) in [6, 6.07) is 16.3. The number of hydrogen-bond donors (Lipinski definition) is 1. The van der Waals surface area contributed by atoms with Gasteiger partial charge in [0.2, 0.25) is 0 Å². The fourth-order valence-electron chi connectivity index (χ4n) is 3.33. The van der Waals surface area contributed by atoms with Crippen molar-refractivity contribution in [3.05, 3.63) is 48.5 Å². The molecule has 29 heavy (non-hydrogen) atoms. The van der Waals surface area contributed by atoms with Crippen LogP contribution in [0.4, 0.5) is 0 Å². The molecule has 0 saturated heterocycles. The van der Waals surface area contributed by atoms with Gasteiger partial charge in [0, 0.05) is 6.42 Å². The van der Waals surface area contributed by atoms with Crippen LogP contribution in [0, 0.1) is 0 Å². The molecule has 2 rings (SSSR count). The molecule has 0 aliphatic carbocycles. The Morgan fingerprint density at radius 3 is 1.62 bits per heavy atom. The second kappa shape index (κ2) is 13.6. The summed E-state index contributed by atoms with van der Waals surface area (Å²) < 4.78 is 11.1. The number of rotatable bonds is 15. The van der Waals surface area contributed by atoms with Crippen LogP contribution in [-0.2, 0) is 4.79 Å². The van der Waals surface area contributed by atoms with Crippen molar-refractivity contribution in [3.63, 3.8) is 0 Å². The van der Waals surface area contributed by atoms with Crippen LogP contribution in [0.5, 0.6) is 11.5 Å². The summed E-state index contributed by atoms with van der Waals surface area (Å²) in [5.41, 5.74) is 2.34. The molecule has 0 radical (unpaired) electrons. The standard InChI is InChI=1S/C25H34O4/c1-28-23-16-12-21(13-17-23)22-14-18-24(19-15-22)29-20-10-8-6-4-2-3-5-7-9-11-25(26)27/h12-19H,2-11,20H2,1H3,(H,26,27). The van der Waals surface area contributed by atoms with Crippen molar-refractivity contribution < 1.29 is 19.4 Å². The lowest BCUT2D eigenvalue weighted by molar-refractivity contribution is -0.137. The molecule has 0 atom stereocenters. The Morgan fingerprint density at radius 2 is 1.14 bits per heavy atom. The van der Waals surface area contributed by atoms with Gasteiger partial charge in [0.25, 0.3) is 0 Å². The van der Waals surface area contributed by atoms with E-state index in [1.165, 1.54) is 43.2 Å². The Bertz CT molecular complexity index is 692. The summed E-state index contributed by atoms with van der Waals surface area (Å²) in [4.78, 5) is 10.4. The third-order valence-electron chi connectivity index (χ3n) is 5.08. The summed E-state index contributed by atoms with van der Waals surface area (Å²) >= 11 is 0. The number of aliphatic carboxylic acids is 1. The Hall–Kier alpha value is -2.49. The predicted molar refractivity (Wildman–Crippen MR) is 118 cm³/mol.